The van der Waals surface area contributed by atoms with E-state index in [2.05, 4.69) is 25.0 Å². The van der Waals surface area contributed by atoms with E-state index in [0.29, 0.717) is 13.0 Å². The monoisotopic (exact) mass is 324 g/mol. The van der Waals surface area contributed by atoms with Gasteiger partial charge in [-0.15, -0.1) is 0 Å². The first kappa shape index (κ1) is 16.1. The van der Waals surface area contributed by atoms with Gasteiger partial charge < -0.3 is 5.73 Å². The Labute approximate surface area is 140 Å². The highest BCUT2D eigenvalue weighted by Crippen LogP contribution is 2.38. The van der Waals surface area contributed by atoms with Gasteiger partial charge in [0, 0.05) is 25.1 Å². The van der Waals surface area contributed by atoms with Gasteiger partial charge in [0.2, 0.25) is 0 Å². The zero-order valence-corrected chi connectivity index (χ0v) is 13.8. The lowest BCUT2D eigenvalue weighted by Crippen LogP contribution is -2.20. The van der Waals surface area contributed by atoms with Crippen LogP contribution in [0.15, 0.2) is 47.6 Å². The second-order valence-corrected chi connectivity index (χ2v) is 6.01. The van der Waals surface area contributed by atoms with E-state index >= 15 is 0 Å². The number of rotatable bonds is 4. The highest BCUT2D eigenvalue weighted by atomic mass is 16.6. The second-order valence-electron chi connectivity index (χ2n) is 6.01. The smallest absolute Gasteiger partial charge is 0.269 e. The van der Waals surface area contributed by atoms with Crippen LogP contribution in [0.5, 0.6) is 0 Å². The number of anilines is 1. The maximum Gasteiger partial charge on any atom is 0.269 e. The Morgan fingerprint density at radius 1 is 1.29 bits per heavy atom. The summed E-state index contributed by atoms with van der Waals surface area (Å²) < 4.78 is 0. The molecule has 0 aliphatic carbocycles. The molecule has 24 heavy (non-hydrogen) atoms. The highest BCUT2D eigenvalue weighted by molar-refractivity contribution is 5.90. The third kappa shape index (κ3) is 2.88. The van der Waals surface area contributed by atoms with Crippen LogP contribution in [-0.4, -0.2) is 17.2 Å². The number of aryl methyl sites for hydroxylation is 1. The zero-order chi connectivity index (χ0) is 17.3. The van der Waals surface area contributed by atoms with E-state index in [1.54, 1.807) is 12.1 Å². The molecule has 1 atom stereocenters. The van der Waals surface area contributed by atoms with Crippen molar-refractivity contribution in [3.05, 3.63) is 69.3 Å². The quantitative estimate of drug-likeness (QED) is 0.689. The van der Waals surface area contributed by atoms with Crippen LogP contribution in [0.1, 0.15) is 29.2 Å². The van der Waals surface area contributed by atoms with Crippen LogP contribution in [0.2, 0.25) is 0 Å². The van der Waals surface area contributed by atoms with Crippen LogP contribution in [0, 0.1) is 24.0 Å². The summed E-state index contributed by atoms with van der Waals surface area (Å²) in [4.78, 5) is 10.7. The predicted molar refractivity (Wildman–Crippen MR) is 95.3 cm³/mol. The summed E-state index contributed by atoms with van der Waals surface area (Å²) in [5, 5.41) is 17.7. The van der Waals surface area contributed by atoms with Crippen LogP contribution in [0.25, 0.3) is 0 Å². The first-order chi connectivity index (χ1) is 11.5. The van der Waals surface area contributed by atoms with Gasteiger partial charge in [0.25, 0.3) is 5.69 Å². The summed E-state index contributed by atoms with van der Waals surface area (Å²) >= 11 is 0. The Kier molecular flexibility index (Phi) is 4.31. The minimum atomic E-state index is -0.370. The standard InChI is InChI=1S/C18H20N4O2/c1-12-5-3-8-17(13(12)2)21-18(10-15(11-19)20-21)14-6-4-7-16(9-14)22(23)24/h3-9,18H,10-11,19H2,1-2H3. The zero-order valence-electron chi connectivity index (χ0n) is 13.8. The van der Waals surface area contributed by atoms with E-state index in [1.165, 1.54) is 11.6 Å². The first-order valence-electron chi connectivity index (χ1n) is 7.87. The average molecular weight is 324 g/mol. The number of non-ortho nitro benzene ring substituents is 1. The summed E-state index contributed by atoms with van der Waals surface area (Å²) in [7, 11) is 0. The normalized spacial score (nSPS) is 17.0. The molecule has 0 amide bonds. The van der Waals surface area contributed by atoms with E-state index in [-0.39, 0.29) is 16.7 Å². The molecule has 0 aromatic heterocycles. The molecule has 1 heterocycles. The lowest BCUT2D eigenvalue weighted by molar-refractivity contribution is -0.384. The van der Waals surface area contributed by atoms with Crippen LogP contribution in [-0.2, 0) is 0 Å². The third-order valence-electron chi connectivity index (χ3n) is 4.50. The van der Waals surface area contributed by atoms with Crippen molar-refractivity contribution in [2.75, 3.05) is 11.6 Å². The van der Waals surface area contributed by atoms with Crippen molar-refractivity contribution < 1.29 is 4.92 Å². The van der Waals surface area contributed by atoms with Gasteiger partial charge in [-0.05, 0) is 36.6 Å². The molecule has 3 rings (SSSR count). The Hall–Kier alpha value is -2.73. The summed E-state index contributed by atoms with van der Waals surface area (Å²) in [6, 6.07) is 12.8. The van der Waals surface area contributed by atoms with E-state index in [9.17, 15) is 10.1 Å². The Bertz CT molecular complexity index is 816. The fraction of sp³-hybridized carbons (Fsp3) is 0.278. The van der Waals surface area contributed by atoms with Crippen molar-refractivity contribution >= 4 is 17.1 Å². The van der Waals surface area contributed by atoms with Gasteiger partial charge in [0.05, 0.1) is 22.4 Å². The third-order valence-corrected chi connectivity index (χ3v) is 4.50. The van der Waals surface area contributed by atoms with Crippen molar-refractivity contribution in [3.8, 4) is 0 Å². The molecule has 0 spiro atoms. The number of benzene rings is 2. The lowest BCUT2D eigenvalue weighted by Gasteiger charge is -2.26. The van der Waals surface area contributed by atoms with Crippen molar-refractivity contribution in [2.24, 2.45) is 10.8 Å². The van der Waals surface area contributed by atoms with E-state index in [0.717, 1.165) is 22.5 Å². The topological polar surface area (TPSA) is 84.8 Å². The number of nitrogens with zero attached hydrogens (tertiary/aromatic N) is 3. The molecule has 0 bridgehead atoms. The Morgan fingerprint density at radius 3 is 2.75 bits per heavy atom. The van der Waals surface area contributed by atoms with Gasteiger partial charge in [-0.2, -0.15) is 5.10 Å². The number of hydrogen-bond donors (Lipinski definition) is 1. The minimum Gasteiger partial charge on any atom is -0.325 e. The van der Waals surface area contributed by atoms with E-state index in [1.807, 2.05) is 23.2 Å². The molecule has 0 fully saturated rings. The molecule has 6 heteroatoms. The molecule has 2 aromatic rings. The fourth-order valence-electron chi connectivity index (χ4n) is 3.01. The van der Waals surface area contributed by atoms with Crippen LogP contribution in [0.3, 0.4) is 0 Å². The molecule has 0 saturated heterocycles. The Balaban J connectivity index is 2.05. The van der Waals surface area contributed by atoms with Gasteiger partial charge in [-0.25, -0.2) is 0 Å². The van der Waals surface area contributed by atoms with E-state index < -0.39 is 0 Å². The number of nitro benzene ring substituents is 1. The second kappa shape index (κ2) is 6.41. The van der Waals surface area contributed by atoms with Crippen molar-refractivity contribution in [2.45, 2.75) is 26.3 Å². The van der Waals surface area contributed by atoms with Crippen molar-refractivity contribution in [1.82, 2.24) is 0 Å². The van der Waals surface area contributed by atoms with Crippen molar-refractivity contribution in [1.29, 1.82) is 0 Å². The molecule has 1 aliphatic heterocycles. The van der Waals surface area contributed by atoms with Crippen molar-refractivity contribution in [3.63, 3.8) is 0 Å². The lowest BCUT2D eigenvalue weighted by atomic mass is 9.99. The maximum absolute atomic E-state index is 11.1. The summed E-state index contributed by atoms with van der Waals surface area (Å²) in [5.41, 5.74) is 11.0. The molecule has 6 nitrogen and oxygen atoms in total. The molecular formula is C18H20N4O2. The molecule has 2 N–H and O–H groups in total. The Morgan fingerprint density at radius 2 is 2.04 bits per heavy atom. The average Bonchev–Trinajstić information content (AvgIpc) is 3.01. The molecule has 124 valence electrons. The van der Waals surface area contributed by atoms with Crippen LogP contribution < -0.4 is 10.7 Å². The molecule has 0 saturated carbocycles. The van der Waals surface area contributed by atoms with Crippen LogP contribution >= 0.6 is 0 Å². The summed E-state index contributed by atoms with van der Waals surface area (Å²) in [6.07, 6.45) is 0.672. The van der Waals surface area contributed by atoms with Gasteiger partial charge in [0.15, 0.2) is 0 Å². The summed E-state index contributed by atoms with van der Waals surface area (Å²) in [5.74, 6) is 0. The van der Waals surface area contributed by atoms with Gasteiger partial charge in [0.1, 0.15) is 0 Å². The first-order valence-corrected chi connectivity index (χ1v) is 7.87. The molecule has 1 unspecified atom stereocenters. The number of nitro groups is 1. The summed E-state index contributed by atoms with van der Waals surface area (Å²) in [6.45, 7) is 4.50. The fourth-order valence-corrected chi connectivity index (χ4v) is 3.01. The van der Waals surface area contributed by atoms with Gasteiger partial charge in [-0.3, -0.25) is 15.1 Å². The minimum absolute atomic E-state index is 0.0797. The molecule has 1 aliphatic rings. The van der Waals surface area contributed by atoms with E-state index in [4.69, 9.17) is 5.73 Å². The highest BCUT2D eigenvalue weighted by Gasteiger charge is 2.30. The number of nitrogens with two attached hydrogens (primary N) is 1. The molecule has 0 radical (unpaired) electrons. The largest absolute Gasteiger partial charge is 0.325 e. The SMILES string of the molecule is Cc1cccc(N2N=C(CN)CC2c2cccc([N+](=O)[O-])c2)c1C. The number of hydrazone groups is 1. The van der Waals surface area contributed by atoms with Gasteiger partial charge >= 0.3 is 0 Å². The predicted octanol–water partition coefficient (Wildman–Crippen LogP) is 3.48. The molecular weight excluding hydrogens is 304 g/mol. The van der Waals surface area contributed by atoms with Crippen LogP contribution in [0.4, 0.5) is 11.4 Å². The maximum atomic E-state index is 11.1. The molecule has 2 aromatic carbocycles. The number of hydrogen-bond acceptors (Lipinski definition) is 5. The van der Waals surface area contributed by atoms with Gasteiger partial charge in [-0.1, -0.05) is 24.3 Å².